The van der Waals surface area contributed by atoms with E-state index in [1.54, 1.807) is 0 Å². The zero-order chi connectivity index (χ0) is 11.4. The summed E-state index contributed by atoms with van der Waals surface area (Å²) in [6.07, 6.45) is 6.35. The molecule has 2 rings (SSSR count). The molecule has 1 saturated carbocycles. The van der Waals surface area contributed by atoms with E-state index in [1.807, 2.05) is 0 Å². The van der Waals surface area contributed by atoms with Crippen molar-refractivity contribution in [3.63, 3.8) is 0 Å². The maximum atomic E-state index is 10.7. The van der Waals surface area contributed by atoms with Crippen LogP contribution in [0.15, 0.2) is 12.3 Å². The van der Waals surface area contributed by atoms with Gasteiger partial charge in [0, 0.05) is 6.54 Å². The normalized spacial score (nSPS) is 16.2. The van der Waals surface area contributed by atoms with E-state index in [9.17, 15) is 4.79 Å². The minimum absolute atomic E-state index is 0.170. The van der Waals surface area contributed by atoms with Gasteiger partial charge in [-0.2, -0.15) is 5.10 Å². The van der Waals surface area contributed by atoms with Gasteiger partial charge in [0.1, 0.15) is 5.82 Å². The van der Waals surface area contributed by atoms with Crippen LogP contribution in [0.3, 0.4) is 0 Å². The first-order valence-electron chi connectivity index (χ1n) is 5.55. The fourth-order valence-corrected chi connectivity index (χ4v) is 2.03. The Morgan fingerprint density at radius 2 is 2.25 bits per heavy atom. The van der Waals surface area contributed by atoms with Gasteiger partial charge >= 0.3 is 5.97 Å². The monoisotopic (exact) mass is 221 g/mol. The van der Waals surface area contributed by atoms with E-state index in [1.165, 1.54) is 37.9 Å². The average molecular weight is 221 g/mol. The van der Waals surface area contributed by atoms with Gasteiger partial charge in [-0.3, -0.25) is 0 Å². The van der Waals surface area contributed by atoms with Crippen LogP contribution in [0.5, 0.6) is 0 Å². The molecule has 5 heteroatoms. The van der Waals surface area contributed by atoms with Crippen LogP contribution in [0, 0.1) is 5.92 Å². The van der Waals surface area contributed by atoms with Crippen molar-refractivity contribution in [1.82, 2.24) is 10.2 Å². The smallest absolute Gasteiger partial charge is 0.337 e. The summed E-state index contributed by atoms with van der Waals surface area (Å²) in [4.78, 5) is 10.7. The number of anilines is 1. The SMILES string of the molecule is O=C(O)c1cnnc(NCC2CCCC2)c1. The summed E-state index contributed by atoms with van der Waals surface area (Å²) in [6, 6.07) is 1.52. The molecular formula is C11H15N3O2. The summed E-state index contributed by atoms with van der Waals surface area (Å²) in [5.74, 6) is 0.265. The van der Waals surface area contributed by atoms with Crippen molar-refractivity contribution >= 4 is 11.8 Å². The number of rotatable bonds is 4. The number of nitrogens with zero attached hydrogens (tertiary/aromatic N) is 2. The number of hydrogen-bond donors (Lipinski definition) is 2. The second kappa shape index (κ2) is 4.92. The Morgan fingerprint density at radius 3 is 2.94 bits per heavy atom. The number of hydrogen-bond acceptors (Lipinski definition) is 4. The number of nitrogens with one attached hydrogen (secondary N) is 1. The molecule has 0 saturated heterocycles. The van der Waals surface area contributed by atoms with Gasteiger partial charge in [-0.05, 0) is 24.8 Å². The van der Waals surface area contributed by atoms with Crippen LogP contribution in [0.2, 0.25) is 0 Å². The summed E-state index contributed by atoms with van der Waals surface area (Å²) in [7, 11) is 0. The Morgan fingerprint density at radius 1 is 1.50 bits per heavy atom. The third kappa shape index (κ3) is 2.68. The minimum atomic E-state index is -0.973. The topological polar surface area (TPSA) is 75.1 Å². The molecule has 1 aliphatic carbocycles. The molecule has 0 amide bonds. The van der Waals surface area contributed by atoms with Crippen molar-refractivity contribution in [3.05, 3.63) is 17.8 Å². The largest absolute Gasteiger partial charge is 0.478 e. The van der Waals surface area contributed by atoms with E-state index in [0.29, 0.717) is 11.7 Å². The van der Waals surface area contributed by atoms with E-state index in [2.05, 4.69) is 15.5 Å². The highest BCUT2D eigenvalue weighted by atomic mass is 16.4. The second-order valence-corrected chi connectivity index (χ2v) is 4.17. The first kappa shape index (κ1) is 10.9. The molecule has 0 spiro atoms. The summed E-state index contributed by atoms with van der Waals surface area (Å²) < 4.78 is 0. The molecule has 16 heavy (non-hydrogen) atoms. The van der Waals surface area contributed by atoms with Crippen LogP contribution in [0.25, 0.3) is 0 Å². The number of carboxylic acids is 1. The van der Waals surface area contributed by atoms with Gasteiger partial charge in [-0.25, -0.2) is 4.79 Å². The van der Waals surface area contributed by atoms with Crippen molar-refractivity contribution in [2.75, 3.05) is 11.9 Å². The Labute approximate surface area is 93.9 Å². The van der Waals surface area contributed by atoms with Crippen molar-refractivity contribution in [2.45, 2.75) is 25.7 Å². The zero-order valence-corrected chi connectivity index (χ0v) is 9.02. The van der Waals surface area contributed by atoms with E-state index in [-0.39, 0.29) is 5.56 Å². The van der Waals surface area contributed by atoms with Gasteiger partial charge in [0.15, 0.2) is 0 Å². The van der Waals surface area contributed by atoms with Crippen LogP contribution < -0.4 is 5.32 Å². The van der Waals surface area contributed by atoms with Gasteiger partial charge in [-0.15, -0.1) is 5.10 Å². The van der Waals surface area contributed by atoms with Gasteiger partial charge in [0.2, 0.25) is 0 Å². The minimum Gasteiger partial charge on any atom is -0.478 e. The molecule has 1 heterocycles. The molecule has 1 aromatic heterocycles. The first-order valence-corrected chi connectivity index (χ1v) is 5.55. The number of aromatic nitrogens is 2. The standard InChI is InChI=1S/C11H15N3O2/c15-11(16)9-5-10(14-13-7-9)12-6-8-3-1-2-4-8/h5,7-8H,1-4,6H2,(H,12,14)(H,15,16). The molecule has 1 aromatic rings. The van der Waals surface area contributed by atoms with Crippen LogP contribution in [0.4, 0.5) is 5.82 Å². The van der Waals surface area contributed by atoms with Crippen molar-refractivity contribution in [1.29, 1.82) is 0 Å². The summed E-state index contributed by atoms with van der Waals surface area (Å²) >= 11 is 0. The second-order valence-electron chi connectivity index (χ2n) is 4.17. The van der Waals surface area contributed by atoms with Crippen LogP contribution in [-0.4, -0.2) is 27.8 Å². The van der Waals surface area contributed by atoms with E-state index >= 15 is 0 Å². The molecule has 86 valence electrons. The van der Waals surface area contributed by atoms with Crippen LogP contribution in [-0.2, 0) is 0 Å². The molecule has 1 aliphatic rings. The third-order valence-corrected chi connectivity index (χ3v) is 2.95. The molecule has 0 aromatic carbocycles. The number of carboxylic acid groups (broad SMARTS) is 1. The fraction of sp³-hybridized carbons (Fsp3) is 0.545. The highest BCUT2D eigenvalue weighted by molar-refractivity contribution is 5.87. The Balaban J connectivity index is 1.93. The Hall–Kier alpha value is -1.65. The Bertz CT molecular complexity index is 375. The van der Waals surface area contributed by atoms with Crippen LogP contribution >= 0.6 is 0 Å². The maximum absolute atomic E-state index is 10.7. The van der Waals surface area contributed by atoms with Gasteiger partial charge < -0.3 is 10.4 Å². The number of carbonyl (C=O) groups is 1. The molecule has 2 N–H and O–H groups in total. The molecule has 0 radical (unpaired) electrons. The molecule has 1 fully saturated rings. The molecule has 0 atom stereocenters. The molecule has 0 unspecified atom stereocenters. The van der Waals surface area contributed by atoms with Crippen LogP contribution in [0.1, 0.15) is 36.0 Å². The molecule has 0 bridgehead atoms. The highest BCUT2D eigenvalue weighted by Crippen LogP contribution is 2.24. The quantitative estimate of drug-likeness (QED) is 0.810. The van der Waals surface area contributed by atoms with Crippen molar-refractivity contribution in [3.8, 4) is 0 Å². The first-order chi connectivity index (χ1) is 7.75. The average Bonchev–Trinajstić information content (AvgIpc) is 2.79. The Kier molecular flexibility index (Phi) is 3.34. The van der Waals surface area contributed by atoms with Gasteiger partial charge in [-0.1, -0.05) is 12.8 Å². The lowest BCUT2D eigenvalue weighted by Gasteiger charge is -2.10. The lowest BCUT2D eigenvalue weighted by Crippen LogP contribution is -2.13. The summed E-state index contributed by atoms with van der Waals surface area (Å²) in [6.45, 7) is 0.859. The fourth-order valence-electron chi connectivity index (χ4n) is 2.03. The number of aromatic carboxylic acids is 1. The maximum Gasteiger partial charge on any atom is 0.337 e. The summed E-state index contributed by atoms with van der Waals surface area (Å²) in [5.41, 5.74) is 0.170. The zero-order valence-electron chi connectivity index (χ0n) is 9.02. The van der Waals surface area contributed by atoms with E-state index in [0.717, 1.165) is 6.54 Å². The predicted octanol–water partition coefficient (Wildman–Crippen LogP) is 1.78. The van der Waals surface area contributed by atoms with E-state index in [4.69, 9.17) is 5.11 Å². The van der Waals surface area contributed by atoms with Gasteiger partial charge in [0.05, 0.1) is 11.8 Å². The van der Waals surface area contributed by atoms with Crippen molar-refractivity contribution in [2.24, 2.45) is 5.92 Å². The van der Waals surface area contributed by atoms with Gasteiger partial charge in [0.25, 0.3) is 0 Å². The van der Waals surface area contributed by atoms with E-state index < -0.39 is 5.97 Å². The lowest BCUT2D eigenvalue weighted by atomic mass is 10.1. The molecule has 0 aliphatic heterocycles. The third-order valence-electron chi connectivity index (χ3n) is 2.95. The molecule has 5 nitrogen and oxygen atoms in total. The predicted molar refractivity (Wildman–Crippen MR) is 59.4 cm³/mol. The highest BCUT2D eigenvalue weighted by Gasteiger charge is 2.15. The lowest BCUT2D eigenvalue weighted by molar-refractivity contribution is 0.0696. The summed E-state index contributed by atoms with van der Waals surface area (Å²) in [5, 5.41) is 19.5. The van der Waals surface area contributed by atoms with Crippen molar-refractivity contribution < 1.29 is 9.90 Å². The molecular weight excluding hydrogens is 206 g/mol.